The van der Waals surface area contributed by atoms with Crippen LogP contribution in [-0.4, -0.2) is 27.9 Å². The Hall–Kier alpha value is -3.10. The number of aromatic nitrogens is 2. The Labute approximate surface area is 129 Å². The summed E-state index contributed by atoms with van der Waals surface area (Å²) in [4.78, 5) is 37.5. The van der Waals surface area contributed by atoms with Crippen molar-refractivity contribution in [1.29, 1.82) is 0 Å². The van der Waals surface area contributed by atoms with E-state index in [-0.39, 0.29) is 17.1 Å². The monoisotopic (exact) mass is 322 g/mol. The number of benzene rings is 1. The fourth-order valence-corrected chi connectivity index (χ4v) is 2.11. The highest BCUT2D eigenvalue weighted by molar-refractivity contribution is 5.98. The molecule has 122 valence electrons. The van der Waals surface area contributed by atoms with E-state index in [1.54, 1.807) is 13.0 Å². The lowest BCUT2D eigenvalue weighted by atomic mass is 10.1. The van der Waals surface area contributed by atoms with Gasteiger partial charge in [0.2, 0.25) is 0 Å². The summed E-state index contributed by atoms with van der Waals surface area (Å²) in [5, 5.41) is 14.3. The van der Waals surface area contributed by atoms with E-state index in [0.29, 0.717) is 11.1 Å². The Morgan fingerprint density at radius 2 is 2.04 bits per heavy atom. The summed E-state index contributed by atoms with van der Waals surface area (Å²) in [6.45, 7) is 1.68. The van der Waals surface area contributed by atoms with Crippen LogP contribution in [0.4, 0.5) is 10.2 Å². The molecular weight excluding hydrogens is 307 g/mol. The molecule has 0 aliphatic rings. The van der Waals surface area contributed by atoms with Gasteiger partial charge in [-0.2, -0.15) is 0 Å². The molecular formula is C14H15FN4O4. The Balaban J connectivity index is 2.29. The highest BCUT2D eigenvalue weighted by atomic mass is 19.1. The van der Waals surface area contributed by atoms with E-state index in [2.05, 4.69) is 15.6 Å². The molecule has 23 heavy (non-hydrogen) atoms. The van der Waals surface area contributed by atoms with Gasteiger partial charge in [0.15, 0.2) is 0 Å². The normalized spacial score (nSPS) is 10.4. The van der Waals surface area contributed by atoms with Gasteiger partial charge < -0.3 is 15.8 Å². The zero-order valence-electron chi connectivity index (χ0n) is 12.4. The van der Waals surface area contributed by atoms with E-state index in [1.807, 2.05) is 0 Å². The van der Waals surface area contributed by atoms with Gasteiger partial charge in [0.05, 0.1) is 0 Å². The molecule has 8 nitrogen and oxygen atoms in total. The van der Waals surface area contributed by atoms with E-state index in [1.165, 1.54) is 19.2 Å². The maximum Gasteiger partial charge on any atom is 0.363 e. The van der Waals surface area contributed by atoms with Gasteiger partial charge in [0, 0.05) is 13.6 Å². The lowest BCUT2D eigenvalue weighted by molar-refractivity contribution is 0.0940. The SMILES string of the molecule is CNc1[nH]c(=O)n(O)c(=O)c1C(=O)NCc1cc(C)cc(F)c1. The molecule has 0 radical (unpaired) electrons. The van der Waals surface area contributed by atoms with E-state index in [9.17, 15) is 24.0 Å². The van der Waals surface area contributed by atoms with Gasteiger partial charge >= 0.3 is 11.2 Å². The Kier molecular flexibility index (Phi) is 4.49. The maximum atomic E-state index is 13.3. The molecule has 0 unspecified atom stereocenters. The Morgan fingerprint density at radius 3 is 2.65 bits per heavy atom. The fourth-order valence-electron chi connectivity index (χ4n) is 2.11. The first-order valence-electron chi connectivity index (χ1n) is 6.64. The molecule has 1 aromatic carbocycles. The summed E-state index contributed by atoms with van der Waals surface area (Å²) < 4.78 is 13.1. The van der Waals surface area contributed by atoms with Crippen LogP contribution in [0, 0.1) is 12.7 Å². The number of hydrogen-bond acceptors (Lipinski definition) is 5. The number of halogens is 1. The standard InChI is InChI=1S/C14H15FN4O4/c1-7-3-8(5-9(15)4-7)6-17-12(20)10-11(16-2)18-14(22)19(23)13(10)21/h3-5,16,23H,6H2,1-2H3,(H,17,20)(H,18,22). The van der Waals surface area contributed by atoms with Gasteiger partial charge in [0.25, 0.3) is 5.91 Å². The van der Waals surface area contributed by atoms with Crippen molar-refractivity contribution in [2.24, 2.45) is 0 Å². The molecule has 0 atom stereocenters. The fraction of sp³-hybridized carbons (Fsp3) is 0.214. The minimum Gasteiger partial charge on any atom is -0.421 e. The summed E-state index contributed by atoms with van der Waals surface area (Å²) in [5.74, 6) is -1.38. The number of aryl methyl sites for hydroxylation is 1. The van der Waals surface area contributed by atoms with E-state index >= 15 is 0 Å². The van der Waals surface area contributed by atoms with Crippen molar-refractivity contribution in [2.75, 3.05) is 12.4 Å². The zero-order valence-corrected chi connectivity index (χ0v) is 12.4. The van der Waals surface area contributed by atoms with E-state index in [4.69, 9.17) is 0 Å². The number of H-pyrrole nitrogens is 1. The number of aromatic amines is 1. The first-order valence-corrected chi connectivity index (χ1v) is 6.64. The summed E-state index contributed by atoms with van der Waals surface area (Å²) >= 11 is 0. The molecule has 9 heteroatoms. The molecule has 0 bridgehead atoms. The zero-order chi connectivity index (χ0) is 17.1. The van der Waals surface area contributed by atoms with E-state index < -0.39 is 28.5 Å². The summed E-state index contributed by atoms with van der Waals surface area (Å²) in [6.07, 6.45) is 0. The molecule has 1 aromatic heterocycles. The van der Waals surface area contributed by atoms with Gasteiger partial charge in [0.1, 0.15) is 17.2 Å². The van der Waals surface area contributed by atoms with Crippen LogP contribution in [0.3, 0.4) is 0 Å². The number of anilines is 1. The van der Waals surface area contributed by atoms with Crippen molar-refractivity contribution in [1.82, 2.24) is 15.0 Å². The molecule has 1 amide bonds. The number of rotatable bonds is 4. The summed E-state index contributed by atoms with van der Waals surface area (Å²) in [6, 6.07) is 4.28. The molecule has 0 aliphatic heterocycles. The highest BCUT2D eigenvalue weighted by Gasteiger charge is 2.20. The van der Waals surface area contributed by atoms with Crippen LogP contribution in [0.2, 0.25) is 0 Å². The third kappa shape index (κ3) is 3.39. The highest BCUT2D eigenvalue weighted by Crippen LogP contribution is 2.09. The smallest absolute Gasteiger partial charge is 0.363 e. The third-order valence-electron chi connectivity index (χ3n) is 3.11. The molecule has 0 aliphatic carbocycles. The number of carbonyl (C=O) groups excluding carboxylic acids is 1. The van der Waals surface area contributed by atoms with Crippen LogP contribution in [0.15, 0.2) is 27.8 Å². The van der Waals surface area contributed by atoms with Gasteiger partial charge in [-0.3, -0.25) is 14.6 Å². The third-order valence-corrected chi connectivity index (χ3v) is 3.11. The first kappa shape index (κ1) is 16.3. The van der Waals surface area contributed by atoms with Gasteiger partial charge in [-0.15, -0.1) is 0 Å². The van der Waals surface area contributed by atoms with Crippen LogP contribution < -0.4 is 21.9 Å². The predicted octanol–water partition coefficient (Wildman–Crippen LogP) is 0.193. The number of hydrogen-bond donors (Lipinski definition) is 4. The quantitative estimate of drug-likeness (QED) is 0.600. The second-order valence-electron chi connectivity index (χ2n) is 4.87. The first-order chi connectivity index (χ1) is 10.8. The summed E-state index contributed by atoms with van der Waals surface area (Å²) in [7, 11) is 1.40. The molecule has 1 heterocycles. The average molecular weight is 322 g/mol. The lowest BCUT2D eigenvalue weighted by Gasteiger charge is -2.10. The van der Waals surface area contributed by atoms with Gasteiger partial charge in [-0.1, -0.05) is 10.8 Å². The van der Waals surface area contributed by atoms with Gasteiger partial charge in [-0.05, 0) is 30.2 Å². The van der Waals surface area contributed by atoms with Crippen LogP contribution in [0.5, 0.6) is 0 Å². The maximum absolute atomic E-state index is 13.3. The van der Waals surface area contributed by atoms with E-state index in [0.717, 1.165) is 0 Å². The van der Waals surface area contributed by atoms with Crippen molar-refractivity contribution in [3.05, 3.63) is 61.5 Å². The molecule has 0 saturated heterocycles. The average Bonchev–Trinajstić information content (AvgIpc) is 2.49. The number of nitrogens with one attached hydrogen (secondary N) is 3. The van der Waals surface area contributed by atoms with Crippen LogP contribution in [0.1, 0.15) is 21.5 Å². The lowest BCUT2D eigenvalue weighted by Crippen LogP contribution is -2.40. The Bertz CT molecular complexity index is 852. The topological polar surface area (TPSA) is 116 Å². The van der Waals surface area contributed by atoms with Gasteiger partial charge in [-0.25, -0.2) is 9.18 Å². The second-order valence-corrected chi connectivity index (χ2v) is 4.87. The minimum absolute atomic E-state index is 0.0232. The van der Waals surface area contributed by atoms with Crippen molar-refractivity contribution in [3.63, 3.8) is 0 Å². The van der Waals surface area contributed by atoms with Crippen molar-refractivity contribution in [2.45, 2.75) is 13.5 Å². The molecule has 2 aromatic rings. The van der Waals surface area contributed by atoms with Crippen molar-refractivity contribution in [3.8, 4) is 0 Å². The van der Waals surface area contributed by atoms with Crippen LogP contribution in [0.25, 0.3) is 0 Å². The van der Waals surface area contributed by atoms with Crippen molar-refractivity contribution >= 4 is 11.7 Å². The minimum atomic E-state index is -1.16. The predicted molar refractivity (Wildman–Crippen MR) is 80.4 cm³/mol. The molecule has 0 spiro atoms. The Morgan fingerprint density at radius 1 is 1.35 bits per heavy atom. The number of amides is 1. The number of nitrogens with zero attached hydrogens (tertiary/aromatic N) is 1. The molecule has 0 fully saturated rings. The largest absolute Gasteiger partial charge is 0.421 e. The molecule has 2 rings (SSSR count). The molecule has 0 saturated carbocycles. The molecule has 4 N–H and O–H groups in total. The van der Waals surface area contributed by atoms with Crippen LogP contribution in [-0.2, 0) is 6.54 Å². The second kappa shape index (κ2) is 6.34. The van der Waals surface area contributed by atoms with Crippen LogP contribution >= 0.6 is 0 Å². The van der Waals surface area contributed by atoms with Crippen molar-refractivity contribution < 1.29 is 14.4 Å². The summed E-state index contributed by atoms with van der Waals surface area (Å²) in [5.41, 5.74) is -1.49. The number of carbonyl (C=O) groups is 1.